The van der Waals surface area contributed by atoms with E-state index in [9.17, 15) is 0 Å². The first kappa shape index (κ1) is 11.9. The van der Waals surface area contributed by atoms with Crippen LogP contribution in [0.4, 0.5) is 11.6 Å². The van der Waals surface area contributed by atoms with Gasteiger partial charge in [0.15, 0.2) is 5.82 Å². The maximum atomic E-state index is 6.00. The summed E-state index contributed by atoms with van der Waals surface area (Å²) in [6.45, 7) is 1.83. The smallest absolute Gasteiger partial charge is 0.156 e. The van der Waals surface area contributed by atoms with E-state index in [-0.39, 0.29) is 0 Å². The van der Waals surface area contributed by atoms with E-state index in [0.29, 0.717) is 21.7 Å². The molecule has 0 aromatic carbocycles. The molecular formula is C10H10ClN5S. The Kier molecular flexibility index (Phi) is 3.35. The summed E-state index contributed by atoms with van der Waals surface area (Å²) in [5.41, 5.74) is 12.1. The van der Waals surface area contributed by atoms with Crippen molar-refractivity contribution in [2.45, 2.75) is 16.8 Å². The van der Waals surface area contributed by atoms with Crippen molar-refractivity contribution in [2.24, 2.45) is 0 Å². The zero-order chi connectivity index (χ0) is 12.4. The van der Waals surface area contributed by atoms with Crippen LogP contribution in [0.5, 0.6) is 0 Å². The largest absolute Gasteiger partial charge is 0.384 e. The topological polar surface area (TPSA) is 90.7 Å². The zero-order valence-corrected chi connectivity index (χ0v) is 10.6. The number of halogens is 1. The Morgan fingerprint density at radius 1 is 1.24 bits per heavy atom. The fraction of sp³-hybridized carbons (Fsp3) is 0.100. The third kappa shape index (κ3) is 2.78. The van der Waals surface area contributed by atoms with Crippen LogP contribution >= 0.6 is 23.4 Å². The van der Waals surface area contributed by atoms with Gasteiger partial charge in [0.25, 0.3) is 0 Å². The highest BCUT2D eigenvalue weighted by molar-refractivity contribution is 7.99. The molecule has 0 spiro atoms. The molecule has 0 saturated carbocycles. The van der Waals surface area contributed by atoms with E-state index in [1.165, 1.54) is 18.0 Å². The zero-order valence-electron chi connectivity index (χ0n) is 9.01. The average molecular weight is 268 g/mol. The summed E-state index contributed by atoms with van der Waals surface area (Å²) >= 11 is 7.31. The molecule has 0 aliphatic heterocycles. The fourth-order valence-electron chi connectivity index (χ4n) is 1.18. The summed E-state index contributed by atoms with van der Waals surface area (Å²) in [5.74, 6) is 0.775. The van der Waals surface area contributed by atoms with Crippen molar-refractivity contribution in [3.8, 4) is 0 Å². The molecular weight excluding hydrogens is 258 g/mol. The number of nitrogens with zero attached hydrogens (tertiary/aromatic N) is 3. The molecule has 88 valence electrons. The van der Waals surface area contributed by atoms with Gasteiger partial charge in [0.05, 0.1) is 10.7 Å². The highest BCUT2D eigenvalue weighted by atomic mass is 35.5. The number of aryl methyl sites for hydroxylation is 1. The molecule has 2 aromatic heterocycles. The van der Waals surface area contributed by atoms with Gasteiger partial charge >= 0.3 is 0 Å². The second kappa shape index (κ2) is 4.77. The molecule has 0 atom stereocenters. The van der Waals surface area contributed by atoms with Crippen LogP contribution in [-0.4, -0.2) is 15.0 Å². The van der Waals surface area contributed by atoms with Crippen molar-refractivity contribution in [1.29, 1.82) is 0 Å². The minimum atomic E-state index is 0.376. The standard InChI is InChI=1S/C10H10ClN5S/c1-5-3-15-10(9(13)16-5)17-7-2-8(12)14-4-6(7)11/h2-4H,1H3,(H2,12,14)(H2,13,16). The number of nitrogens with two attached hydrogens (primary N) is 2. The van der Waals surface area contributed by atoms with E-state index in [0.717, 1.165) is 10.6 Å². The van der Waals surface area contributed by atoms with Crippen molar-refractivity contribution < 1.29 is 0 Å². The lowest BCUT2D eigenvalue weighted by molar-refractivity contribution is 1.03. The molecule has 0 saturated heterocycles. The Hall–Kier alpha value is -1.53. The molecule has 2 rings (SSSR count). The Morgan fingerprint density at radius 3 is 2.71 bits per heavy atom. The molecule has 7 heteroatoms. The van der Waals surface area contributed by atoms with Gasteiger partial charge in [-0.1, -0.05) is 23.4 Å². The van der Waals surface area contributed by atoms with E-state index >= 15 is 0 Å². The number of rotatable bonds is 2. The van der Waals surface area contributed by atoms with Crippen LogP contribution in [0, 0.1) is 6.92 Å². The number of aromatic nitrogens is 3. The molecule has 0 bridgehead atoms. The first-order chi connectivity index (χ1) is 8.06. The number of anilines is 2. The van der Waals surface area contributed by atoms with Crippen molar-refractivity contribution >= 4 is 35.0 Å². The van der Waals surface area contributed by atoms with Crippen LogP contribution < -0.4 is 11.5 Å². The molecule has 0 aliphatic rings. The van der Waals surface area contributed by atoms with Crippen LogP contribution in [0.15, 0.2) is 28.4 Å². The lowest BCUT2D eigenvalue weighted by Crippen LogP contribution is -1.98. The fourth-order valence-corrected chi connectivity index (χ4v) is 2.19. The summed E-state index contributed by atoms with van der Waals surface area (Å²) < 4.78 is 0. The summed E-state index contributed by atoms with van der Waals surface area (Å²) in [6.07, 6.45) is 3.15. The number of pyridine rings is 1. The van der Waals surface area contributed by atoms with Gasteiger partial charge in [0.2, 0.25) is 0 Å². The van der Waals surface area contributed by atoms with Gasteiger partial charge in [-0.25, -0.2) is 15.0 Å². The maximum Gasteiger partial charge on any atom is 0.156 e. The summed E-state index contributed by atoms with van der Waals surface area (Å²) in [6, 6.07) is 1.67. The van der Waals surface area contributed by atoms with E-state index in [2.05, 4.69) is 15.0 Å². The van der Waals surface area contributed by atoms with Gasteiger partial charge < -0.3 is 11.5 Å². The first-order valence-electron chi connectivity index (χ1n) is 4.74. The van der Waals surface area contributed by atoms with Crippen molar-refractivity contribution in [1.82, 2.24) is 15.0 Å². The van der Waals surface area contributed by atoms with E-state index in [4.69, 9.17) is 23.1 Å². The SMILES string of the molecule is Cc1cnc(Sc2cc(N)ncc2Cl)c(N)n1. The number of hydrogen-bond acceptors (Lipinski definition) is 6. The lowest BCUT2D eigenvalue weighted by Gasteiger charge is -2.06. The molecule has 17 heavy (non-hydrogen) atoms. The second-order valence-electron chi connectivity index (χ2n) is 3.34. The molecule has 0 amide bonds. The van der Waals surface area contributed by atoms with Gasteiger partial charge in [-0.2, -0.15) is 0 Å². The van der Waals surface area contributed by atoms with Crippen LogP contribution in [0.3, 0.4) is 0 Å². The average Bonchev–Trinajstić information content (AvgIpc) is 2.27. The van der Waals surface area contributed by atoms with Crippen LogP contribution in [0.25, 0.3) is 0 Å². The number of hydrogen-bond donors (Lipinski definition) is 2. The third-order valence-corrected chi connectivity index (χ3v) is 3.41. The Bertz CT molecular complexity index is 560. The molecule has 4 N–H and O–H groups in total. The van der Waals surface area contributed by atoms with E-state index in [1.54, 1.807) is 12.3 Å². The monoisotopic (exact) mass is 267 g/mol. The number of nitrogen functional groups attached to an aromatic ring is 2. The summed E-state index contributed by atoms with van der Waals surface area (Å²) in [7, 11) is 0. The van der Waals surface area contributed by atoms with Gasteiger partial charge in [0.1, 0.15) is 10.8 Å². The van der Waals surface area contributed by atoms with Crippen LogP contribution in [0.2, 0.25) is 5.02 Å². The van der Waals surface area contributed by atoms with Crippen LogP contribution in [0.1, 0.15) is 5.69 Å². The normalized spacial score (nSPS) is 10.5. The molecule has 0 aliphatic carbocycles. The quantitative estimate of drug-likeness (QED) is 0.866. The highest BCUT2D eigenvalue weighted by Gasteiger charge is 2.09. The van der Waals surface area contributed by atoms with E-state index in [1.807, 2.05) is 6.92 Å². The molecule has 2 heterocycles. The third-order valence-electron chi connectivity index (χ3n) is 1.93. The van der Waals surface area contributed by atoms with Crippen molar-refractivity contribution in [2.75, 3.05) is 11.5 Å². The maximum absolute atomic E-state index is 6.00. The van der Waals surface area contributed by atoms with E-state index < -0.39 is 0 Å². The lowest BCUT2D eigenvalue weighted by atomic mass is 10.5. The van der Waals surface area contributed by atoms with Gasteiger partial charge in [0, 0.05) is 17.3 Å². The predicted octanol–water partition coefficient (Wildman–Crippen LogP) is 2.15. The molecule has 0 fully saturated rings. The Labute approximate surface area is 108 Å². The molecule has 0 radical (unpaired) electrons. The minimum Gasteiger partial charge on any atom is -0.384 e. The van der Waals surface area contributed by atoms with Gasteiger partial charge in [-0.3, -0.25) is 0 Å². The Morgan fingerprint density at radius 2 is 2.00 bits per heavy atom. The Balaban J connectivity index is 2.34. The van der Waals surface area contributed by atoms with Crippen molar-refractivity contribution in [3.05, 3.63) is 29.2 Å². The molecule has 5 nitrogen and oxygen atoms in total. The summed E-state index contributed by atoms with van der Waals surface area (Å²) in [4.78, 5) is 13.0. The van der Waals surface area contributed by atoms with Gasteiger partial charge in [-0.05, 0) is 13.0 Å². The van der Waals surface area contributed by atoms with Crippen LogP contribution in [-0.2, 0) is 0 Å². The summed E-state index contributed by atoms with van der Waals surface area (Å²) in [5, 5.41) is 1.11. The second-order valence-corrected chi connectivity index (χ2v) is 4.78. The molecule has 2 aromatic rings. The van der Waals surface area contributed by atoms with Gasteiger partial charge in [-0.15, -0.1) is 0 Å². The molecule has 0 unspecified atom stereocenters. The first-order valence-corrected chi connectivity index (χ1v) is 5.93. The highest BCUT2D eigenvalue weighted by Crippen LogP contribution is 2.34. The minimum absolute atomic E-state index is 0.376. The van der Waals surface area contributed by atoms with Crippen molar-refractivity contribution in [3.63, 3.8) is 0 Å². The predicted molar refractivity (Wildman–Crippen MR) is 69.0 cm³/mol.